The van der Waals surface area contributed by atoms with Crippen LogP contribution in [0.4, 0.5) is 0 Å². The van der Waals surface area contributed by atoms with Gasteiger partial charge in [-0.3, -0.25) is 0 Å². The molecule has 0 amide bonds. The molecule has 1 atom stereocenters. The van der Waals surface area contributed by atoms with Crippen molar-refractivity contribution in [2.75, 3.05) is 38.2 Å². The second-order valence-electron chi connectivity index (χ2n) is 8.40. The van der Waals surface area contributed by atoms with E-state index in [1.54, 1.807) is 0 Å². The van der Waals surface area contributed by atoms with Gasteiger partial charge in [-0.25, -0.2) is 13.4 Å². The lowest BCUT2D eigenvalue weighted by Gasteiger charge is -2.61. The summed E-state index contributed by atoms with van der Waals surface area (Å²) in [4.78, 5) is 10.7. The average Bonchev–Trinajstić information content (AvgIpc) is 2.90. The van der Waals surface area contributed by atoms with Gasteiger partial charge in [0.05, 0.1) is 28.5 Å². The molecule has 2 aromatic heterocycles. The van der Waals surface area contributed by atoms with Crippen molar-refractivity contribution in [1.82, 2.24) is 20.2 Å². The van der Waals surface area contributed by atoms with Crippen molar-refractivity contribution in [1.29, 1.82) is 0 Å². The van der Waals surface area contributed by atoms with Gasteiger partial charge in [0.2, 0.25) is 0 Å². The number of H-pyrrole nitrogens is 1. The van der Waals surface area contributed by atoms with E-state index in [2.05, 4.69) is 47.4 Å². The molecule has 142 valence electrons. The van der Waals surface area contributed by atoms with Crippen LogP contribution in [0.5, 0.6) is 0 Å². The molecule has 1 spiro atoms. The van der Waals surface area contributed by atoms with Crippen LogP contribution >= 0.6 is 0 Å². The Morgan fingerprint density at radius 3 is 2.73 bits per heavy atom. The average molecular weight is 377 g/mol. The molecule has 1 unspecified atom stereocenters. The second-order valence-corrected chi connectivity index (χ2v) is 10.7. The number of hydrogen-bond acceptors (Lipinski definition) is 5. The number of nitrogens with one attached hydrogen (secondary N) is 2. The van der Waals surface area contributed by atoms with Gasteiger partial charge in [0.25, 0.3) is 0 Å². The van der Waals surface area contributed by atoms with E-state index in [1.165, 1.54) is 11.8 Å². The van der Waals surface area contributed by atoms with Crippen molar-refractivity contribution in [3.63, 3.8) is 0 Å². The van der Waals surface area contributed by atoms with Crippen LogP contribution in [0.2, 0.25) is 0 Å². The minimum atomic E-state index is -2.86. The number of rotatable bonds is 6. The standard InChI is InChI=1S/C19H28N4O2S/c1-13(2)14-9-20-15-5-6-16(22-17(14)15)18-19(10-21-18)11-23(12-19)7-4-8-26(3,24)25/h5-6,9,13,18,20-21H,4,7-8,10-12H2,1-3H3. The topological polar surface area (TPSA) is 78.1 Å². The first-order valence-electron chi connectivity index (χ1n) is 9.39. The van der Waals surface area contributed by atoms with Gasteiger partial charge in [-0.1, -0.05) is 13.8 Å². The zero-order valence-corrected chi connectivity index (χ0v) is 16.6. The van der Waals surface area contributed by atoms with Crippen LogP contribution in [0.1, 0.15) is 43.5 Å². The molecule has 0 radical (unpaired) electrons. The monoisotopic (exact) mass is 376 g/mol. The zero-order chi connectivity index (χ0) is 18.5. The molecule has 2 aliphatic heterocycles. The SMILES string of the molecule is CC(C)c1c[nH]c2ccc(C3NCC34CN(CCCS(C)(=O)=O)C4)nc12. The van der Waals surface area contributed by atoms with Crippen molar-refractivity contribution in [3.05, 3.63) is 29.6 Å². The van der Waals surface area contributed by atoms with Crippen LogP contribution in [0, 0.1) is 5.41 Å². The Morgan fingerprint density at radius 2 is 2.12 bits per heavy atom. The summed E-state index contributed by atoms with van der Waals surface area (Å²) in [5.41, 5.74) is 4.85. The maximum Gasteiger partial charge on any atom is 0.147 e. The summed E-state index contributed by atoms with van der Waals surface area (Å²) in [5, 5.41) is 3.57. The third-order valence-electron chi connectivity index (χ3n) is 5.83. The smallest absolute Gasteiger partial charge is 0.147 e. The highest BCUT2D eigenvalue weighted by molar-refractivity contribution is 7.90. The van der Waals surface area contributed by atoms with Gasteiger partial charge in [-0.05, 0) is 36.6 Å². The molecule has 2 aromatic rings. The molecule has 0 aliphatic carbocycles. The van der Waals surface area contributed by atoms with Crippen molar-refractivity contribution in [3.8, 4) is 0 Å². The quantitative estimate of drug-likeness (QED) is 0.807. The molecule has 2 aliphatic rings. The number of hydrogen-bond donors (Lipinski definition) is 2. The molecule has 0 aromatic carbocycles. The number of likely N-dealkylation sites (tertiary alicyclic amines) is 1. The van der Waals surface area contributed by atoms with E-state index in [9.17, 15) is 8.42 Å². The molecule has 4 rings (SSSR count). The second kappa shape index (κ2) is 6.32. The Balaban J connectivity index is 1.43. The summed E-state index contributed by atoms with van der Waals surface area (Å²) >= 11 is 0. The van der Waals surface area contributed by atoms with Crippen LogP contribution < -0.4 is 5.32 Å². The van der Waals surface area contributed by atoms with Crippen LogP contribution in [0.25, 0.3) is 11.0 Å². The summed E-state index contributed by atoms with van der Waals surface area (Å²) in [6, 6.07) is 4.57. The molecular formula is C19H28N4O2S. The van der Waals surface area contributed by atoms with Crippen LogP contribution in [0.3, 0.4) is 0 Å². The predicted octanol–water partition coefficient (Wildman–Crippen LogP) is 2.07. The molecule has 6 nitrogen and oxygen atoms in total. The Kier molecular flexibility index (Phi) is 4.36. The van der Waals surface area contributed by atoms with Gasteiger partial charge in [-0.15, -0.1) is 0 Å². The molecule has 2 fully saturated rings. The molecule has 2 N–H and O–H groups in total. The van der Waals surface area contributed by atoms with Crippen molar-refractivity contribution >= 4 is 20.9 Å². The molecule has 7 heteroatoms. The van der Waals surface area contributed by atoms with Gasteiger partial charge < -0.3 is 15.2 Å². The summed E-state index contributed by atoms with van der Waals surface area (Å²) < 4.78 is 22.5. The van der Waals surface area contributed by atoms with Gasteiger partial charge in [-0.2, -0.15) is 0 Å². The minimum absolute atomic E-state index is 0.264. The zero-order valence-electron chi connectivity index (χ0n) is 15.7. The fraction of sp³-hybridized carbons (Fsp3) is 0.632. The number of aromatic nitrogens is 2. The summed E-state index contributed by atoms with van der Waals surface area (Å²) in [6.07, 6.45) is 4.10. The molecule has 4 heterocycles. The van der Waals surface area contributed by atoms with Gasteiger partial charge >= 0.3 is 0 Å². The number of sulfone groups is 1. The van der Waals surface area contributed by atoms with Crippen LogP contribution in [0.15, 0.2) is 18.3 Å². The summed E-state index contributed by atoms with van der Waals surface area (Å²) in [6.45, 7) is 8.32. The highest BCUT2D eigenvalue weighted by Crippen LogP contribution is 2.47. The number of pyridine rings is 1. The lowest BCUT2D eigenvalue weighted by atomic mass is 9.66. The maximum absolute atomic E-state index is 11.3. The third-order valence-corrected chi connectivity index (χ3v) is 6.86. The van der Waals surface area contributed by atoms with Gasteiger partial charge in [0.15, 0.2) is 0 Å². The largest absolute Gasteiger partial charge is 0.360 e. The highest BCUT2D eigenvalue weighted by atomic mass is 32.2. The van der Waals surface area contributed by atoms with E-state index in [0.29, 0.717) is 12.0 Å². The van der Waals surface area contributed by atoms with Crippen molar-refractivity contribution in [2.45, 2.75) is 32.2 Å². The molecule has 0 bridgehead atoms. The Bertz CT molecular complexity index is 913. The van der Waals surface area contributed by atoms with Crippen molar-refractivity contribution < 1.29 is 8.42 Å². The van der Waals surface area contributed by atoms with Crippen LogP contribution in [-0.4, -0.2) is 61.5 Å². The lowest BCUT2D eigenvalue weighted by Crippen LogP contribution is -2.72. The third kappa shape index (κ3) is 3.17. The summed E-state index contributed by atoms with van der Waals surface area (Å²) in [5.74, 6) is 0.728. The Labute approximate surface area is 155 Å². The molecule has 26 heavy (non-hydrogen) atoms. The number of fused-ring (bicyclic) bond motifs is 1. The minimum Gasteiger partial charge on any atom is -0.360 e. The van der Waals surface area contributed by atoms with Crippen LogP contribution in [-0.2, 0) is 9.84 Å². The fourth-order valence-electron chi connectivity index (χ4n) is 4.39. The van der Waals surface area contributed by atoms with E-state index < -0.39 is 9.84 Å². The number of aromatic amines is 1. The summed E-state index contributed by atoms with van der Waals surface area (Å²) in [7, 11) is -2.86. The molecule has 0 saturated carbocycles. The Hall–Kier alpha value is -1.44. The first-order valence-corrected chi connectivity index (χ1v) is 11.4. The normalized spacial score (nSPS) is 22.7. The van der Waals surface area contributed by atoms with E-state index in [4.69, 9.17) is 4.98 Å². The first kappa shape index (κ1) is 17.9. The maximum atomic E-state index is 11.3. The van der Waals surface area contributed by atoms with E-state index >= 15 is 0 Å². The molecular weight excluding hydrogens is 348 g/mol. The lowest BCUT2D eigenvalue weighted by molar-refractivity contribution is -0.0829. The van der Waals surface area contributed by atoms with Gasteiger partial charge in [0, 0.05) is 37.5 Å². The van der Waals surface area contributed by atoms with E-state index in [0.717, 1.165) is 49.3 Å². The highest BCUT2D eigenvalue weighted by Gasteiger charge is 2.55. The predicted molar refractivity (Wildman–Crippen MR) is 104 cm³/mol. The Morgan fingerprint density at radius 1 is 1.35 bits per heavy atom. The van der Waals surface area contributed by atoms with E-state index in [-0.39, 0.29) is 11.2 Å². The van der Waals surface area contributed by atoms with Crippen molar-refractivity contribution in [2.24, 2.45) is 5.41 Å². The fourth-order valence-corrected chi connectivity index (χ4v) is 5.05. The number of nitrogens with zero attached hydrogens (tertiary/aromatic N) is 2. The molecule has 2 saturated heterocycles. The van der Waals surface area contributed by atoms with E-state index in [1.807, 2.05) is 0 Å². The first-order chi connectivity index (χ1) is 12.3. The van der Waals surface area contributed by atoms with Gasteiger partial charge in [0.1, 0.15) is 9.84 Å².